The second-order valence-electron chi connectivity index (χ2n) is 6.14. The molecule has 2 N–H and O–H groups in total. The van der Waals surface area contributed by atoms with Crippen molar-refractivity contribution in [1.29, 1.82) is 0 Å². The largest absolute Gasteiger partial charge is 0.323 e. The number of carbonyl (C=O) groups is 1. The van der Waals surface area contributed by atoms with Gasteiger partial charge in [0.2, 0.25) is 5.91 Å². The van der Waals surface area contributed by atoms with Gasteiger partial charge in [0.1, 0.15) is 0 Å². The zero-order valence-electron chi connectivity index (χ0n) is 13.7. The molecular weight excluding hydrogens is 333 g/mol. The molecule has 0 aromatic heterocycles. The summed E-state index contributed by atoms with van der Waals surface area (Å²) in [5, 5.41) is 6.93. The maximum atomic E-state index is 12.5. The van der Waals surface area contributed by atoms with Crippen molar-refractivity contribution in [2.45, 2.75) is 32.2 Å². The van der Waals surface area contributed by atoms with Crippen LogP contribution in [-0.2, 0) is 4.79 Å². The fourth-order valence-corrected chi connectivity index (χ4v) is 3.33. The summed E-state index contributed by atoms with van der Waals surface area (Å²) in [4.78, 5) is 14.7. The summed E-state index contributed by atoms with van der Waals surface area (Å²) >= 11 is 12.1. The van der Waals surface area contributed by atoms with E-state index in [1.165, 1.54) is 6.42 Å². The van der Waals surface area contributed by atoms with E-state index in [9.17, 15) is 4.79 Å². The third kappa shape index (κ3) is 5.08. The van der Waals surface area contributed by atoms with Gasteiger partial charge < -0.3 is 10.6 Å². The van der Waals surface area contributed by atoms with Crippen LogP contribution in [0.15, 0.2) is 18.2 Å². The molecule has 0 aliphatic carbocycles. The van der Waals surface area contributed by atoms with E-state index >= 15 is 0 Å². The van der Waals surface area contributed by atoms with E-state index < -0.39 is 0 Å². The van der Waals surface area contributed by atoms with E-state index in [1.54, 1.807) is 18.2 Å². The van der Waals surface area contributed by atoms with Crippen molar-refractivity contribution < 1.29 is 4.79 Å². The van der Waals surface area contributed by atoms with Gasteiger partial charge in [-0.1, -0.05) is 29.3 Å². The van der Waals surface area contributed by atoms with Crippen molar-refractivity contribution >= 4 is 34.8 Å². The lowest BCUT2D eigenvalue weighted by Gasteiger charge is -2.35. The highest BCUT2D eigenvalue weighted by Gasteiger charge is 2.26. The van der Waals surface area contributed by atoms with Crippen LogP contribution in [0.2, 0.25) is 10.0 Å². The molecule has 2 rings (SSSR count). The highest BCUT2D eigenvalue weighted by Crippen LogP contribution is 2.30. The third-order valence-electron chi connectivity index (χ3n) is 4.59. The second kappa shape index (κ2) is 8.88. The SMILES string of the molecule is CNCCC1CCN(C(C)C(=O)Nc2cccc(Cl)c2Cl)CC1. The van der Waals surface area contributed by atoms with Crippen molar-refractivity contribution in [2.24, 2.45) is 5.92 Å². The minimum Gasteiger partial charge on any atom is -0.323 e. The van der Waals surface area contributed by atoms with Crippen molar-refractivity contribution in [3.8, 4) is 0 Å². The second-order valence-corrected chi connectivity index (χ2v) is 6.92. The normalized spacial score (nSPS) is 17.9. The van der Waals surface area contributed by atoms with Crippen LogP contribution in [0.3, 0.4) is 0 Å². The van der Waals surface area contributed by atoms with Crippen molar-refractivity contribution in [1.82, 2.24) is 10.2 Å². The molecular formula is C17H25Cl2N3O. The zero-order chi connectivity index (χ0) is 16.8. The Balaban J connectivity index is 1.87. The van der Waals surface area contributed by atoms with Crippen LogP contribution in [0, 0.1) is 5.92 Å². The Morgan fingerprint density at radius 1 is 1.35 bits per heavy atom. The van der Waals surface area contributed by atoms with Gasteiger partial charge in [0.05, 0.1) is 21.8 Å². The van der Waals surface area contributed by atoms with Crippen LogP contribution in [0.1, 0.15) is 26.2 Å². The Bertz CT molecular complexity index is 531. The number of amides is 1. The number of hydrogen-bond donors (Lipinski definition) is 2. The molecule has 1 aromatic rings. The lowest BCUT2D eigenvalue weighted by molar-refractivity contribution is -0.121. The number of halogens is 2. The summed E-state index contributed by atoms with van der Waals surface area (Å²) in [7, 11) is 1.99. The van der Waals surface area contributed by atoms with Gasteiger partial charge >= 0.3 is 0 Å². The Hall–Kier alpha value is -0.810. The molecule has 0 spiro atoms. The topological polar surface area (TPSA) is 44.4 Å². The lowest BCUT2D eigenvalue weighted by Crippen LogP contribution is -2.46. The van der Waals surface area contributed by atoms with Crippen LogP contribution >= 0.6 is 23.2 Å². The number of piperidine rings is 1. The smallest absolute Gasteiger partial charge is 0.241 e. The number of benzene rings is 1. The van der Waals surface area contributed by atoms with Gasteiger partial charge in [0.15, 0.2) is 0 Å². The monoisotopic (exact) mass is 357 g/mol. The van der Waals surface area contributed by atoms with Crippen molar-refractivity contribution in [3.05, 3.63) is 28.2 Å². The lowest BCUT2D eigenvalue weighted by atomic mass is 9.93. The molecule has 1 saturated heterocycles. The zero-order valence-corrected chi connectivity index (χ0v) is 15.3. The summed E-state index contributed by atoms with van der Waals surface area (Å²) in [6, 6.07) is 5.08. The third-order valence-corrected chi connectivity index (χ3v) is 5.41. The highest BCUT2D eigenvalue weighted by molar-refractivity contribution is 6.44. The van der Waals surface area contributed by atoms with Gasteiger partial charge in [0, 0.05) is 0 Å². The van der Waals surface area contributed by atoms with Crippen LogP contribution in [0.25, 0.3) is 0 Å². The fraction of sp³-hybridized carbons (Fsp3) is 0.588. The Morgan fingerprint density at radius 3 is 2.70 bits per heavy atom. The molecule has 4 nitrogen and oxygen atoms in total. The van der Waals surface area contributed by atoms with Crippen LogP contribution in [0.5, 0.6) is 0 Å². The van der Waals surface area contributed by atoms with E-state index in [0.29, 0.717) is 15.7 Å². The van der Waals surface area contributed by atoms with Crippen molar-refractivity contribution in [3.63, 3.8) is 0 Å². The number of nitrogens with zero attached hydrogens (tertiary/aromatic N) is 1. The molecule has 128 valence electrons. The average Bonchev–Trinajstić information content (AvgIpc) is 2.57. The first kappa shape index (κ1) is 18.5. The van der Waals surface area contributed by atoms with Crippen LogP contribution < -0.4 is 10.6 Å². The summed E-state index contributed by atoms with van der Waals surface area (Å²) in [5.41, 5.74) is 0.569. The van der Waals surface area contributed by atoms with E-state index in [-0.39, 0.29) is 11.9 Å². The summed E-state index contributed by atoms with van der Waals surface area (Å²) in [6.07, 6.45) is 3.51. The van der Waals surface area contributed by atoms with E-state index in [2.05, 4.69) is 15.5 Å². The molecule has 1 aliphatic heterocycles. The molecule has 1 aromatic carbocycles. The van der Waals surface area contributed by atoms with Gasteiger partial charge in [-0.15, -0.1) is 0 Å². The fourth-order valence-electron chi connectivity index (χ4n) is 2.98. The molecule has 1 aliphatic rings. The molecule has 0 saturated carbocycles. The van der Waals surface area contributed by atoms with Gasteiger partial charge in [-0.3, -0.25) is 9.69 Å². The summed E-state index contributed by atoms with van der Waals surface area (Å²) in [6.45, 7) is 4.94. The molecule has 6 heteroatoms. The Kier molecular flexibility index (Phi) is 7.15. The van der Waals surface area contributed by atoms with E-state index in [0.717, 1.165) is 38.4 Å². The molecule has 0 bridgehead atoms. The van der Waals surface area contributed by atoms with E-state index in [4.69, 9.17) is 23.2 Å². The quantitative estimate of drug-likeness (QED) is 0.816. The van der Waals surface area contributed by atoms with Gasteiger partial charge in [-0.25, -0.2) is 0 Å². The number of nitrogens with one attached hydrogen (secondary N) is 2. The molecule has 1 fully saturated rings. The minimum atomic E-state index is -0.171. The Labute approximate surface area is 148 Å². The predicted molar refractivity (Wildman–Crippen MR) is 97.4 cm³/mol. The average molecular weight is 358 g/mol. The first-order valence-electron chi connectivity index (χ1n) is 8.16. The standard InChI is InChI=1S/C17H25Cl2N3O/c1-12(22-10-7-13(8-11-22)6-9-20-2)17(23)21-15-5-3-4-14(18)16(15)19/h3-5,12-13,20H,6-11H2,1-2H3,(H,21,23). The molecule has 0 radical (unpaired) electrons. The summed E-state index contributed by atoms with van der Waals surface area (Å²) < 4.78 is 0. The van der Waals surface area contributed by atoms with Crippen molar-refractivity contribution in [2.75, 3.05) is 32.0 Å². The summed E-state index contributed by atoms with van der Waals surface area (Å²) in [5.74, 6) is 0.721. The van der Waals surface area contributed by atoms with Gasteiger partial charge in [0.25, 0.3) is 0 Å². The number of hydrogen-bond acceptors (Lipinski definition) is 3. The van der Waals surface area contributed by atoms with E-state index in [1.807, 2.05) is 14.0 Å². The Morgan fingerprint density at radius 2 is 2.04 bits per heavy atom. The van der Waals surface area contributed by atoms with Gasteiger partial charge in [-0.2, -0.15) is 0 Å². The molecule has 1 amide bonds. The maximum absolute atomic E-state index is 12.5. The molecule has 1 atom stereocenters. The molecule has 23 heavy (non-hydrogen) atoms. The van der Waals surface area contributed by atoms with Crippen LogP contribution in [-0.4, -0.2) is 43.5 Å². The molecule has 1 heterocycles. The minimum absolute atomic E-state index is 0.0390. The van der Waals surface area contributed by atoms with Gasteiger partial charge in [-0.05, 0) is 70.9 Å². The highest BCUT2D eigenvalue weighted by atomic mass is 35.5. The number of rotatable bonds is 6. The first-order chi connectivity index (χ1) is 11.0. The van der Waals surface area contributed by atoms with Crippen LogP contribution in [0.4, 0.5) is 5.69 Å². The number of anilines is 1. The number of carbonyl (C=O) groups excluding carboxylic acids is 1. The first-order valence-corrected chi connectivity index (χ1v) is 8.92. The predicted octanol–water partition coefficient (Wildman–Crippen LogP) is 3.64. The molecule has 1 unspecified atom stereocenters. The maximum Gasteiger partial charge on any atom is 0.241 e. The number of likely N-dealkylation sites (tertiary alicyclic amines) is 1.